The Balaban J connectivity index is 1.73. The van der Waals surface area contributed by atoms with Crippen molar-refractivity contribution in [2.75, 3.05) is 0 Å². The van der Waals surface area contributed by atoms with Gasteiger partial charge in [0.1, 0.15) is 0 Å². The minimum absolute atomic E-state index is 0.780. The maximum atomic E-state index is 4.45. The Morgan fingerprint density at radius 2 is 1.74 bits per heavy atom. The Morgan fingerprint density at radius 1 is 0.889 bits per heavy atom. The van der Waals surface area contributed by atoms with Gasteiger partial charge in [0.2, 0.25) is 0 Å². The molecular formula is C20H14Br2N4S. The average Bonchev–Trinajstić information content (AvgIpc) is 3.12. The predicted octanol–water partition coefficient (Wildman–Crippen LogP) is 6.15. The van der Waals surface area contributed by atoms with E-state index in [-0.39, 0.29) is 0 Å². The molecule has 0 bridgehead atoms. The van der Waals surface area contributed by atoms with Crippen LogP contribution in [0.25, 0.3) is 17.1 Å². The smallest absolute Gasteiger partial charge is 0.196 e. The van der Waals surface area contributed by atoms with Crippen molar-refractivity contribution in [1.82, 2.24) is 19.7 Å². The van der Waals surface area contributed by atoms with E-state index in [4.69, 9.17) is 0 Å². The maximum absolute atomic E-state index is 4.45. The van der Waals surface area contributed by atoms with Gasteiger partial charge in [0.15, 0.2) is 11.0 Å². The minimum Gasteiger partial charge on any atom is -0.270 e. The van der Waals surface area contributed by atoms with Gasteiger partial charge < -0.3 is 0 Å². The van der Waals surface area contributed by atoms with Gasteiger partial charge in [-0.1, -0.05) is 55.8 Å². The fraction of sp³-hybridized carbons (Fsp3) is 0.0500. The lowest BCUT2D eigenvalue weighted by molar-refractivity contribution is 0.885. The van der Waals surface area contributed by atoms with Crippen molar-refractivity contribution in [3.05, 3.63) is 87.6 Å². The highest BCUT2D eigenvalue weighted by Crippen LogP contribution is 2.30. The van der Waals surface area contributed by atoms with Crippen molar-refractivity contribution in [3.8, 4) is 17.1 Å². The minimum atomic E-state index is 0.780. The van der Waals surface area contributed by atoms with E-state index in [9.17, 15) is 0 Å². The second-order valence-electron chi connectivity index (χ2n) is 5.78. The monoisotopic (exact) mass is 500 g/mol. The summed E-state index contributed by atoms with van der Waals surface area (Å²) < 4.78 is 4.18. The summed E-state index contributed by atoms with van der Waals surface area (Å²) >= 11 is 8.69. The van der Waals surface area contributed by atoms with Crippen molar-refractivity contribution >= 4 is 43.6 Å². The zero-order valence-corrected chi connectivity index (χ0v) is 18.1. The van der Waals surface area contributed by atoms with Crippen LogP contribution in [-0.4, -0.2) is 19.7 Å². The fourth-order valence-electron chi connectivity index (χ4n) is 2.64. The summed E-state index contributed by atoms with van der Waals surface area (Å²) in [6, 6.07) is 20.3. The number of thioether (sulfide) groups is 1. The van der Waals surface area contributed by atoms with Crippen LogP contribution in [-0.2, 0) is 5.75 Å². The lowest BCUT2D eigenvalue weighted by Crippen LogP contribution is -2.00. The van der Waals surface area contributed by atoms with Gasteiger partial charge in [-0.25, -0.2) is 0 Å². The van der Waals surface area contributed by atoms with Crippen molar-refractivity contribution < 1.29 is 0 Å². The summed E-state index contributed by atoms with van der Waals surface area (Å²) in [6.45, 7) is 0. The van der Waals surface area contributed by atoms with Crippen molar-refractivity contribution in [1.29, 1.82) is 0 Å². The molecule has 4 aromatic rings. The normalized spacial score (nSPS) is 10.9. The molecule has 0 fully saturated rings. The molecule has 0 N–H and O–H groups in total. The highest BCUT2D eigenvalue weighted by Gasteiger charge is 2.16. The second-order valence-corrected chi connectivity index (χ2v) is 8.55. The third-order valence-electron chi connectivity index (χ3n) is 3.89. The molecule has 0 aliphatic rings. The molecule has 0 aliphatic heterocycles. The van der Waals surface area contributed by atoms with Gasteiger partial charge in [-0.3, -0.25) is 9.55 Å². The molecule has 2 aromatic carbocycles. The molecule has 7 heteroatoms. The van der Waals surface area contributed by atoms with Crippen LogP contribution in [0.15, 0.2) is 87.2 Å². The van der Waals surface area contributed by atoms with E-state index >= 15 is 0 Å². The fourth-order valence-corrected chi connectivity index (χ4v) is 4.25. The van der Waals surface area contributed by atoms with Crippen molar-refractivity contribution in [2.24, 2.45) is 0 Å². The predicted molar refractivity (Wildman–Crippen MR) is 116 cm³/mol. The lowest BCUT2D eigenvalue weighted by Gasteiger charge is -2.10. The van der Waals surface area contributed by atoms with Crippen LogP contribution in [0.5, 0.6) is 0 Å². The number of nitrogens with zero attached hydrogens (tertiary/aromatic N) is 4. The van der Waals surface area contributed by atoms with Crippen LogP contribution in [0, 0.1) is 0 Å². The molecule has 0 unspecified atom stereocenters. The zero-order chi connectivity index (χ0) is 18.6. The van der Waals surface area contributed by atoms with Gasteiger partial charge in [0.25, 0.3) is 0 Å². The molecule has 0 radical (unpaired) electrons. The van der Waals surface area contributed by atoms with E-state index in [1.54, 1.807) is 18.0 Å². The van der Waals surface area contributed by atoms with Gasteiger partial charge in [-0.05, 0) is 54.1 Å². The summed E-state index contributed by atoms with van der Waals surface area (Å²) in [7, 11) is 0. The summed E-state index contributed by atoms with van der Waals surface area (Å²) in [5, 5.41) is 9.74. The van der Waals surface area contributed by atoms with Crippen LogP contribution in [0.3, 0.4) is 0 Å². The van der Waals surface area contributed by atoms with Gasteiger partial charge >= 0.3 is 0 Å². The Labute approximate surface area is 178 Å². The van der Waals surface area contributed by atoms with E-state index in [0.717, 1.165) is 36.9 Å². The van der Waals surface area contributed by atoms with Gasteiger partial charge in [-0.15, -0.1) is 10.2 Å². The third kappa shape index (κ3) is 4.31. The van der Waals surface area contributed by atoms with Crippen LogP contribution >= 0.6 is 43.6 Å². The first-order valence-corrected chi connectivity index (χ1v) is 10.8. The number of halogens is 2. The summed E-state index contributed by atoms with van der Waals surface area (Å²) in [5.74, 6) is 1.59. The van der Waals surface area contributed by atoms with Crippen LogP contribution in [0.1, 0.15) is 5.56 Å². The molecule has 4 rings (SSSR count). The molecule has 0 amide bonds. The Bertz CT molecular complexity index is 1050. The number of pyridine rings is 1. The van der Waals surface area contributed by atoms with Crippen LogP contribution in [0.2, 0.25) is 0 Å². The second kappa shape index (κ2) is 8.37. The first-order valence-electron chi connectivity index (χ1n) is 8.20. The molecule has 0 saturated carbocycles. The Hall–Kier alpha value is -1.96. The zero-order valence-electron chi connectivity index (χ0n) is 14.1. The SMILES string of the molecule is Brc1ccc(-n2c(SCc3cccc(Br)c3)nnc2-c2cccnc2)cc1. The van der Waals surface area contributed by atoms with Crippen molar-refractivity contribution in [2.45, 2.75) is 10.9 Å². The molecule has 134 valence electrons. The number of benzene rings is 2. The molecule has 4 nitrogen and oxygen atoms in total. The number of aromatic nitrogens is 4. The first-order chi connectivity index (χ1) is 13.2. The van der Waals surface area contributed by atoms with E-state index in [0.29, 0.717) is 0 Å². The largest absolute Gasteiger partial charge is 0.270 e. The van der Waals surface area contributed by atoms with Gasteiger partial charge in [0, 0.05) is 38.3 Å². The third-order valence-corrected chi connectivity index (χ3v) is 5.92. The van der Waals surface area contributed by atoms with E-state index in [1.807, 2.05) is 42.6 Å². The maximum Gasteiger partial charge on any atom is 0.196 e. The highest BCUT2D eigenvalue weighted by atomic mass is 79.9. The molecule has 0 spiro atoms. The summed E-state index contributed by atoms with van der Waals surface area (Å²) in [6.07, 6.45) is 3.56. The molecule has 27 heavy (non-hydrogen) atoms. The van der Waals surface area contributed by atoms with E-state index in [1.165, 1.54) is 5.56 Å². The molecule has 2 heterocycles. The number of rotatable bonds is 5. The van der Waals surface area contributed by atoms with E-state index < -0.39 is 0 Å². The van der Waals surface area contributed by atoms with Crippen LogP contribution < -0.4 is 0 Å². The highest BCUT2D eigenvalue weighted by molar-refractivity contribution is 9.10. The molecule has 0 saturated heterocycles. The summed E-state index contributed by atoms with van der Waals surface area (Å²) in [4.78, 5) is 4.22. The Kier molecular flexibility index (Phi) is 5.71. The average molecular weight is 502 g/mol. The topological polar surface area (TPSA) is 43.6 Å². The molecule has 0 atom stereocenters. The van der Waals surface area contributed by atoms with E-state index in [2.05, 4.69) is 75.9 Å². The first kappa shape index (κ1) is 18.4. The Morgan fingerprint density at radius 3 is 2.48 bits per heavy atom. The molecular weight excluding hydrogens is 488 g/mol. The van der Waals surface area contributed by atoms with Gasteiger partial charge in [-0.2, -0.15) is 0 Å². The van der Waals surface area contributed by atoms with Crippen LogP contribution in [0.4, 0.5) is 0 Å². The quantitative estimate of drug-likeness (QED) is 0.308. The molecule has 0 aliphatic carbocycles. The number of hydrogen-bond donors (Lipinski definition) is 0. The van der Waals surface area contributed by atoms with Crippen molar-refractivity contribution in [3.63, 3.8) is 0 Å². The molecule has 2 aromatic heterocycles. The number of hydrogen-bond acceptors (Lipinski definition) is 4. The van der Waals surface area contributed by atoms with Gasteiger partial charge in [0.05, 0.1) is 0 Å². The summed E-state index contributed by atoms with van der Waals surface area (Å²) in [5.41, 5.74) is 3.17. The standard InChI is InChI=1S/C20H14Br2N4S/c21-16-6-8-18(9-7-16)26-19(15-4-2-10-23-12-15)24-25-20(26)27-13-14-3-1-5-17(22)11-14/h1-12H,13H2. The lowest BCUT2D eigenvalue weighted by atomic mass is 10.2.